The van der Waals surface area contributed by atoms with Crippen LogP contribution in [0.3, 0.4) is 0 Å². The number of amides is 1. The second-order valence-electron chi connectivity index (χ2n) is 5.82. The van der Waals surface area contributed by atoms with Crippen molar-refractivity contribution in [2.45, 2.75) is 19.8 Å². The lowest BCUT2D eigenvalue weighted by molar-refractivity contribution is -0.117. The summed E-state index contributed by atoms with van der Waals surface area (Å²) in [5, 5.41) is 2.80. The number of benzene rings is 2. The molecule has 1 aliphatic rings. The molecule has 122 valence electrons. The smallest absolute Gasteiger partial charge is 0.343 e. The average Bonchev–Trinajstić information content (AvgIpc) is 3.40. The van der Waals surface area contributed by atoms with Crippen LogP contribution in [-0.2, 0) is 4.79 Å². The minimum absolute atomic E-state index is 0.0188. The molecule has 0 bridgehead atoms. The second-order valence-corrected chi connectivity index (χ2v) is 5.82. The van der Waals surface area contributed by atoms with Crippen molar-refractivity contribution in [1.29, 1.82) is 0 Å². The molecule has 5 nitrogen and oxygen atoms in total. The summed E-state index contributed by atoms with van der Waals surface area (Å²) in [5.41, 5.74) is 1.38. The quantitative estimate of drug-likeness (QED) is 0.519. The van der Waals surface area contributed by atoms with Gasteiger partial charge in [-0.05, 0) is 50.1 Å². The van der Waals surface area contributed by atoms with E-state index in [0.717, 1.165) is 12.8 Å². The molecule has 0 aliphatic heterocycles. The van der Waals surface area contributed by atoms with E-state index in [1.54, 1.807) is 42.5 Å². The zero-order valence-electron chi connectivity index (χ0n) is 13.2. The summed E-state index contributed by atoms with van der Waals surface area (Å²) in [6.07, 6.45) is 1.83. The number of rotatable bonds is 5. The summed E-state index contributed by atoms with van der Waals surface area (Å²) < 4.78 is 5.31. The number of ketones is 1. The first-order valence-electron chi connectivity index (χ1n) is 7.77. The SMILES string of the molecule is CC(=O)c1cccc(OC(=O)c2cccc(NC(=O)C3CC3)c2)c1. The number of ether oxygens (including phenoxy) is 1. The molecule has 0 spiro atoms. The van der Waals surface area contributed by atoms with Gasteiger partial charge in [-0.1, -0.05) is 18.2 Å². The zero-order valence-corrected chi connectivity index (χ0v) is 13.2. The number of nitrogens with one attached hydrogen (secondary N) is 1. The maximum absolute atomic E-state index is 12.3. The van der Waals surface area contributed by atoms with Gasteiger partial charge in [0.15, 0.2) is 5.78 Å². The third-order valence-electron chi connectivity index (χ3n) is 3.77. The number of anilines is 1. The van der Waals surface area contributed by atoms with Crippen LogP contribution in [0.1, 0.15) is 40.5 Å². The summed E-state index contributed by atoms with van der Waals surface area (Å²) in [6, 6.07) is 13.1. The lowest BCUT2D eigenvalue weighted by Gasteiger charge is -2.08. The Labute approximate surface area is 139 Å². The lowest BCUT2D eigenvalue weighted by atomic mass is 10.1. The predicted octanol–water partition coefficient (Wildman–Crippen LogP) is 3.46. The van der Waals surface area contributed by atoms with E-state index in [1.807, 2.05) is 0 Å². The molecule has 0 unspecified atom stereocenters. The minimum atomic E-state index is -0.543. The highest BCUT2D eigenvalue weighted by atomic mass is 16.5. The number of hydrogen-bond acceptors (Lipinski definition) is 4. The molecular weight excluding hydrogens is 306 g/mol. The maximum atomic E-state index is 12.3. The molecule has 3 rings (SSSR count). The van der Waals surface area contributed by atoms with Crippen LogP contribution in [0.25, 0.3) is 0 Å². The zero-order chi connectivity index (χ0) is 17.1. The number of carbonyl (C=O) groups is 3. The van der Waals surface area contributed by atoms with Crippen molar-refractivity contribution in [3.05, 3.63) is 59.7 Å². The summed E-state index contributed by atoms with van der Waals surface area (Å²) in [5.74, 6) is -0.263. The van der Waals surface area contributed by atoms with Crippen molar-refractivity contribution in [1.82, 2.24) is 0 Å². The Balaban J connectivity index is 1.71. The third-order valence-corrected chi connectivity index (χ3v) is 3.77. The molecule has 0 aromatic heterocycles. The summed E-state index contributed by atoms with van der Waals surface area (Å²) in [7, 11) is 0. The molecule has 1 aliphatic carbocycles. The van der Waals surface area contributed by atoms with Crippen molar-refractivity contribution in [3.63, 3.8) is 0 Å². The van der Waals surface area contributed by atoms with Gasteiger partial charge in [0.2, 0.25) is 5.91 Å². The molecule has 1 amide bonds. The van der Waals surface area contributed by atoms with E-state index in [0.29, 0.717) is 22.6 Å². The summed E-state index contributed by atoms with van der Waals surface area (Å²) >= 11 is 0. The van der Waals surface area contributed by atoms with Gasteiger partial charge in [-0.15, -0.1) is 0 Å². The standard InChI is InChI=1S/C19H17NO4/c1-12(21)14-4-3-7-17(11-14)24-19(23)15-5-2-6-16(10-15)20-18(22)13-8-9-13/h2-7,10-11,13H,8-9H2,1H3,(H,20,22). The van der Waals surface area contributed by atoms with E-state index >= 15 is 0 Å². The van der Waals surface area contributed by atoms with Gasteiger partial charge in [-0.2, -0.15) is 0 Å². The number of carbonyl (C=O) groups excluding carboxylic acids is 3. The normalized spacial score (nSPS) is 13.2. The highest BCUT2D eigenvalue weighted by molar-refractivity contribution is 5.97. The van der Waals surface area contributed by atoms with Gasteiger partial charge < -0.3 is 10.1 Å². The maximum Gasteiger partial charge on any atom is 0.343 e. The van der Waals surface area contributed by atoms with Gasteiger partial charge in [-0.3, -0.25) is 9.59 Å². The Kier molecular flexibility index (Phi) is 4.42. The van der Waals surface area contributed by atoms with Crippen molar-refractivity contribution >= 4 is 23.3 Å². The van der Waals surface area contributed by atoms with Crippen molar-refractivity contribution in [2.75, 3.05) is 5.32 Å². The predicted molar refractivity (Wildman–Crippen MR) is 89.2 cm³/mol. The van der Waals surface area contributed by atoms with E-state index in [4.69, 9.17) is 4.74 Å². The summed E-state index contributed by atoms with van der Waals surface area (Å²) in [6.45, 7) is 1.45. The van der Waals surface area contributed by atoms with Crippen LogP contribution in [-0.4, -0.2) is 17.7 Å². The van der Waals surface area contributed by atoms with Crippen LogP contribution in [0, 0.1) is 5.92 Å². The molecule has 24 heavy (non-hydrogen) atoms. The number of hydrogen-bond donors (Lipinski definition) is 1. The van der Waals surface area contributed by atoms with E-state index in [1.165, 1.54) is 13.0 Å². The Bertz CT molecular complexity index is 809. The molecule has 2 aromatic carbocycles. The van der Waals surface area contributed by atoms with Gasteiger partial charge in [0.25, 0.3) is 0 Å². The van der Waals surface area contributed by atoms with Crippen molar-refractivity contribution in [2.24, 2.45) is 5.92 Å². The first kappa shape index (κ1) is 15.9. The molecule has 0 atom stereocenters. The Morgan fingerprint density at radius 3 is 2.42 bits per heavy atom. The van der Waals surface area contributed by atoms with E-state index in [9.17, 15) is 14.4 Å². The van der Waals surface area contributed by atoms with Crippen LogP contribution < -0.4 is 10.1 Å². The fourth-order valence-electron chi connectivity index (χ4n) is 2.26. The average molecular weight is 323 g/mol. The minimum Gasteiger partial charge on any atom is -0.423 e. The van der Waals surface area contributed by atoms with Crippen LogP contribution >= 0.6 is 0 Å². The first-order valence-corrected chi connectivity index (χ1v) is 7.77. The van der Waals surface area contributed by atoms with Gasteiger partial charge in [0.1, 0.15) is 5.75 Å². The van der Waals surface area contributed by atoms with Gasteiger partial charge in [0.05, 0.1) is 5.56 Å². The molecule has 1 fully saturated rings. The monoisotopic (exact) mass is 323 g/mol. The van der Waals surface area contributed by atoms with Gasteiger partial charge >= 0.3 is 5.97 Å². The lowest BCUT2D eigenvalue weighted by Crippen LogP contribution is -2.14. The number of esters is 1. The van der Waals surface area contributed by atoms with Crippen LogP contribution in [0.5, 0.6) is 5.75 Å². The van der Waals surface area contributed by atoms with Crippen LogP contribution in [0.15, 0.2) is 48.5 Å². The van der Waals surface area contributed by atoms with Gasteiger partial charge in [-0.25, -0.2) is 4.79 Å². The van der Waals surface area contributed by atoms with Gasteiger partial charge in [0, 0.05) is 17.2 Å². The highest BCUT2D eigenvalue weighted by Crippen LogP contribution is 2.30. The second kappa shape index (κ2) is 6.66. The van der Waals surface area contributed by atoms with E-state index < -0.39 is 5.97 Å². The fraction of sp³-hybridized carbons (Fsp3) is 0.211. The molecule has 0 saturated heterocycles. The van der Waals surface area contributed by atoms with E-state index in [-0.39, 0.29) is 17.6 Å². The Morgan fingerprint density at radius 2 is 1.71 bits per heavy atom. The molecule has 0 heterocycles. The molecule has 1 N–H and O–H groups in total. The van der Waals surface area contributed by atoms with Crippen LogP contribution in [0.2, 0.25) is 0 Å². The number of Topliss-reactive ketones (excluding diaryl/α,β-unsaturated/α-hetero) is 1. The Hall–Kier alpha value is -2.95. The molecule has 2 aromatic rings. The Morgan fingerprint density at radius 1 is 1.00 bits per heavy atom. The van der Waals surface area contributed by atoms with Crippen molar-refractivity contribution in [3.8, 4) is 5.75 Å². The molecule has 0 radical (unpaired) electrons. The third kappa shape index (κ3) is 3.87. The largest absolute Gasteiger partial charge is 0.423 e. The first-order chi connectivity index (χ1) is 11.5. The van der Waals surface area contributed by atoms with Crippen molar-refractivity contribution < 1.29 is 19.1 Å². The summed E-state index contributed by atoms with van der Waals surface area (Å²) in [4.78, 5) is 35.4. The van der Waals surface area contributed by atoms with Crippen LogP contribution in [0.4, 0.5) is 5.69 Å². The topological polar surface area (TPSA) is 72.5 Å². The fourth-order valence-corrected chi connectivity index (χ4v) is 2.26. The van der Waals surface area contributed by atoms with E-state index in [2.05, 4.69) is 5.32 Å². The molecule has 5 heteroatoms. The highest BCUT2D eigenvalue weighted by Gasteiger charge is 2.29. The molecule has 1 saturated carbocycles. The molecular formula is C19H17NO4.